The van der Waals surface area contributed by atoms with Gasteiger partial charge >= 0.3 is 0 Å². The molecule has 0 radical (unpaired) electrons. The molecule has 0 atom stereocenters. The second-order valence-corrected chi connectivity index (χ2v) is 7.27. The summed E-state index contributed by atoms with van der Waals surface area (Å²) in [7, 11) is 0. The van der Waals surface area contributed by atoms with Crippen LogP contribution in [0.25, 0.3) is 0 Å². The molecule has 3 rings (SSSR count). The summed E-state index contributed by atoms with van der Waals surface area (Å²) in [6.07, 6.45) is 4.67. The smallest absolute Gasteiger partial charge is 0.265 e. The van der Waals surface area contributed by atoms with Crippen molar-refractivity contribution < 1.29 is 4.79 Å². The zero-order chi connectivity index (χ0) is 14.1. The van der Waals surface area contributed by atoms with Gasteiger partial charge in [0.25, 0.3) is 5.91 Å². The number of carbonyl (C=O) groups excluding carboxylic acids is 1. The van der Waals surface area contributed by atoms with E-state index in [1.54, 1.807) is 29.5 Å². The van der Waals surface area contributed by atoms with E-state index in [4.69, 9.17) is 11.6 Å². The Hall–Kier alpha value is -0.840. The normalized spacial score (nSPS) is 13.9. The van der Waals surface area contributed by atoms with Crippen molar-refractivity contribution in [3.8, 4) is 0 Å². The van der Waals surface area contributed by atoms with Gasteiger partial charge in [-0.15, -0.1) is 11.3 Å². The number of anilines is 1. The highest BCUT2D eigenvalue weighted by molar-refractivity contribution is 9.10. The summed E-state index contributed by atoms with van der Waals surface area (Å²) in [6, 6.07) is 7.38. The first-order valence-electron chi connectivity index (χ1n) is 6.51. The van der Waals surface area contributed by atoms with Crippen LogP contribution in [0.1, 0.15) is 33.0 Å². The molecule has 1 N–H and O–H groups in total. The Morgan fingerprint density at radius 3 is 2.80 bits per heavy atom. The molecule has 2 nitrogen and oxygen atoms in total. The van der Waals surface area contributed by atoms with E-state index in [2.05, 4.69) is 21.2 Å². The number of benzene rings is 1. The fraction of sp³-hybridized carbons (Fsp3) is 0.267. The summed E-state index contributed by atoms with van der Waals surface area (Å²) in [5.41, 5.74) is 2.09. The quantitative estimate of drug-likeness (QED) is 0.764. The number of hydrogen-bond donors (Lipinski definition) is 1. The van der Waals surface area contributed by atoms with Crippen molar-refractivity contribution in [3.05, 3.63) is 49.1 Å². The van der Waals surface area contributed by atoms with Gasteiger partial charge in [0.2, 0.25) is 0 Å². The van der Waals surface area contributed by atoms with Crippen molar-refractivity contribution in [3.63, 3.8) is 0 Å². The zero-order valence-electron chi connectivity index (χ0n) is 10.7. The van der Waals surface area contributed by atoms with E-state index in [-0.39, 0.29) is 5.91 Å². The Morgan fingerprint density at radius 2 is 2.05 bits per heavy atom. The number of hydrogen-bond acceptors (Lipinski definition) is 2. The highest BCUT2D eigenvalue weighted by atomic mass is 79.9. The van der Waals surface area contributed by atoms with E-state index >= 15 is 0 Å². The molecule has 1 aliphatic rings. The monoisotopic (exact) mass is 369 g/mol. The summed E-state index contributed by atoms with van der Waals surface area (Å²) in [5, 5.41) is 3.57. The van der Waals surface area contributed by atoms with Gasteiger partial charge < -0.3 is 5.32 Å². The zero-order valence-corrected chi connectivity index (χ0v) is 13.9. The van der Waals surface area contributed by atoms with Gasteiger partial charge in [0.1, 0.15) is 0 Å². The van der Waals surface area contributed by atoms with Crippen molar-refractivity contribution in [1.82, 2.24) is 0 Å². The van der Waals surface area contributed by atoms with E-state index in [9.17, 15) is 4.79 Å². The largest absolute Gasteiger partial charge is 0.320 e. The molecule has 0 bridgehead atoms. The van der Waals surface area contributed by atoms with Crippen LogP contribution in [-0.2, 0) is 12.8 Å². The van der Waals surface area contributed by atoms with Crippen LogP contribution in [0.2, 0.25) is 5.02 Å². The molecule has 0 saturated heterocycles. The Labute approximate surface area is 135 Å². The van der Waals surface area contributed by atoms with E-state index in [0.29, 0.717) is 5.02 Å². The fourth-order valence-corrected chi connectivity index (χ4v) is 4.31. The highest BCUT2D eigenvalue weighted by Gasteiger charge is 2.17. The minimum atomic E-state index is -0.0487. The maximum absolute atomic E-state index is 12.3. The van der Waals surface area contributed by atoms with Gasteiger partial charge in [-0.2, -0.15) is 0 Å². The summed E-state index contributed by atoms with van der Waals surface area (Å²) < 4.78 is 0.791. The number of amides is 1. The summed E-state index contributed by atoms with van der Waals surface area (Å²) in [5.74, 6) is -0.0487. The molecule has 2 aromatic rings. The maximum atomic E-state index is 12.3. The molecule has 5 heteroatoms. The molecular weight excluding hydrogens is 358 g/mol. The van der Waals surface area contributed by atoms with Crippen molar-refractivity contribution in [2.75, 3.05) is 5.32 Å². The second kappa shape index (κ2) is 5.88. The molecule has 20 heavy (non-hydrogen) atoms. The van der Waals surface area contributed by atoms with Gasteiger partial charge in [-0.3, -0.25) is 4.79 Å². The minimum Gasteiger partial charge on any atom is -0.320 e. The molecule has 0 fully saturated rings. The van der Waals surface area contributed by atoms with Gasteiger partial charge in [-0.25, -0.2) is 0 Å². The molecule has 0 aliphatic heterocycles. The second-order valence-electron chi connectivity index (χ2n) is 4.84. The SMILES string of the molecule is O=C(Nc1ccc(Cl)cc1Br)c1cc2c(s1)CCCC2. The van der Waals surface area contributed by atoms with Crippen LogP contribution in [0.15, 0.2) is 28.7 Å². The van der Waals surface area contributed by atoms with Crippen LogP contribution in [0, 0.1) is 0 Å². The first-order valence-corrected chi connectivity index (χ1v) is 8.50. The number of halogens is 2. The topological polar surface area (TPSA) is 29.1 Å². The Morgan fingerprint density at radius 1 is 1.25 bits per heavy atom. The van der Waals surface area contributed by atoms with E-state index in [1.165, 1.54) is 23.3 Å². The molecule has 1 aliphatic carbocycles. The third kappa shape index (κ3) is 2.92. The van der Waals surface area contributed by atoms with Gasteiger partial charge in [0, 0.05) is 14.4 Å². The van der Waals surface area contributed by atoms with Gasteiger partial charge in [-0.1, -0.05) is 11.6 Å². The first-order chi connectivity index (χ1) is 9.63. The van der Waals surface area contributed by atoms with E-state index in [0.717, 1.165) is 27.9 Å². The summed E-state index contributed by atoms with van der Waals surface area (Å²) in [4.78, 5) is 14.5. The first kappa shape index (κ1) is 14.1. The average Bonchev–Trinajstić information content (AvgIpc) is 2.86. The van der Waals surface area contributed by atoms with Crippen molar-refractivity contribution in [2.24, 2.45) is 0 Å². The van der Waals surface area contributed by atoms with E-state index < -0.39 is 0 Å². The lowest BCUT2D eigenvalue weighted by atomic mass is 9.99. The summed E-state index contributed by atoms with van der Waals surface area (Å²) in [6.45, 7) is 0. The lowest BCUT2D eigenvalue weighted by Gasteiger charge is -2.08. The number of aryl methyl sites for hydroxylation is 2. The molecule has 1 aromatic heterocycles. The molecule has 104 valence electrons. The minimum absolute atomic E-state index is 0.0487. The average molecular weight is 371 g/mol. The number of rotatable bonds is 2. The van der Waals surface area contributed by atoms with Gasteiger partial charge in [0.15, 0.2) is 0 Å². The Balaban J connectivity index is 1.80. The summed E-state index contributed by atoms with van der Waals surface area (Å²) >= 11 is 10.9. The van der Waals surface area contributed by atoms with Crippen molar-refractivity contribution >= 4 is 50.5 Å². The Bertz CT molecular complexity index is 644. The molecule has 1 amide bonds. The third-order valence-corrected chi connectivity index (χ3v) is 5.53. The molecule has 1 aromatic carbocycles. The molecule has 0 spiro atoms. The van der Waals surface area contributed by atoms with Crippen LogP contribution in [0.4, 0.5) is 5.69 Å². The van der Waals surface area contributed by atoms with Gasteiger partial charge in [-0.05, 0) is 71.4 Å². The molecule has 0 unspecified atom stereocenters. The van der Waals surface area contributed by atoms with Crippen LogP contribution < -0.4 is 5.32 Å². The molecular formula is C15H13BrClNOS. The predicted molar refractivity (Wildman–Crippen MR) is 88.1 cm³/mol. The van der Waals surface area contributed by atoms with Crippen LogP contribution in [0.5, 0.6) is 0 Å². The standard InChI is InChI=1S/C15H13BrClNOS/c16-11-8-10(17)5-6-12(11)18-15(19)14-7-9-3-1-2-4-13(9)20-14/h5-8H,1-4H2,(H,18,19). The fourth-order valence-electron chi connectivity index (χ4n) is 2.38. The van der Waals surface area contributed by atoms with Gasteiger partial charge in [0.05, 0.1) is 10.6 Å². The van der Waals surface area contributed by atoms with Crippen LogP contribution >= 0.6 is 38.9 Å². The molecule has 1 heterocycles. The lowest BCUT2D eigenvalue weighted by molar-refractivity contribution is 0.103. The number of carbonyl (C=O) groups is 1. The number of fused-ring (bicyclic) bond motifs is 1. The molecule has 0 saturated carbocycles. The third-order valence-electron chi connectivity index (χ3n) is 3.40. The van der Waals surface area contributed by atoms with Crippen molar-refractivity contribution in [2.45, 2.75) is 25.7 Å². The van der Waals surface area contributed by atoms with Crippen LogP contribution in [-0.4, -0.2) is 5.91 Å². The Kier molecular flexibility index (Phi) is 4.15. The highest BCUT2D eigenvalue weighted by Crippen LogP contribution is 2.31. The maximum Gasteiger partial charge on any atom is 0.265 e. The predicted octanol–water partition coefficient (Wildman–Crippen LogP) is 5.30. The number of nitrogens with one attached hydrogen (secondary N) is 1. The van der Waals surface area contributed by atoms with E-state index in [1.807, 2.05) is 6.07 Å². The lowest BCUT2D eigenvalue weighted by Crippen LogP contribution is -2.10. The number of thiophene rings is 1. The van der Waals surface area contributed by atoms with Crippen LogP contribution in [0.3, 0.4) is 0 Å². The van der Waals surface area contributed by atoms with Crippen molar-refractivity contribution in [1.29, 1.82) is 0 Å².